The van der Waals surface area contributed by atoms with Crippen molar-refractivity contribution in [3.63, 3.8) is 0 Å². The van der Waals surface area contributed by atoms with Crippen molar-refractivity contribution in [2.24, 2.45) is 11.8 Å². The minimum absolute atomic E-state index is 0.155. The van der Waals surface area contributed by atoms with Gasteiger partial charge in [-0.05, 0) is 0 Å². The van der Waals surface area contributed by atoms with Crippen LogP contribution in [0.4, 0.5) is 5.82 Å². The molecule has 1 saturated heterocycles. The quantitative estimate of drug-likeness (QED) is 0.422. The first-order valence-corrected chi connectivity index (χ1v) is 5.23. The van der Waals surface area contributed by atoms with Gasteiger partial charge in [-0.3, -0.25) is 19.5 Å². The number of anilines is 1. The summed E-state index contributed by atoms with van der Waals surface area (Å²) in [7, 11) is 0. The molecule has 3 N–H and O–H groups in total. The van der Waals surface area contributed by atoms with E-state index in [0.29, 0.717) is 11.5 Å². The second-order valence-corrected chi connectivity index (χ2v) is 3.96. The summed E-state index contributed by atoms with van der Waals surface area (Å²) in [5.74, 6) is 5.03. The summed E-state index contributed by atoms with van der Waals surface area (Å²) in [6, 6.07) is 0. The molecule has 0 radical (unpaired) electrons. The number of aromatic nitrogens is 2. The van der Waals surface area contributed by atoms with Gasteiger partial charge in [0.2, 0.25) is 11.8 Å². The highest BCUT2D eigenvalue weighted by molar-refractivity contribution is 6.03. The third-order valence-corrected chi connectivity index (χ3v) is 2.64. The maximum atomic E-state index is 11.7. The van der Waals surface area contributed by atoms with Gasteiger partial charge in [0, 0.05) is 12.3 Å². The second-order valence-electron chi connectivity index (χ2n) is 3.96. The molecule has 0 saturated carbocycles. The van der Waals surface area contributed by atoms with Crippen molar-refractivity contribution in [3.05, 3.63) is 18.1 Å². The number of carbonyl (C=O) groups excluding carboxylic acids is 2. The molecule has 0 bridgehead atoms. The Labute approximate surface area is 98.0 Å². The fourth-order valence-corrected chi connectivity index (χ4v) is 1.69. The van der Waals surface area contributed by atoms with Crippen molar-refractivity contribution >= 4 is 17.6 Å². The van der Waals surface area contributed by atoms with Crippen molar-refractivity contribution in [1.82, 2.24) is 14.9 Å². The van der Waals surface area contributed by atoms with Crippen LogP contribution in [0.1, 0.15) is 19.0 Å². The molecule has 7 heteroatoms. The zero-order valence-corrected chi connectivity index (χ0v) is 9.38. The molecule has 17 heavy (non-hydrogen) atoms. The summed E-state index contributed by atoms with van der Waals surface area (Å²) < 4.78 is 0. The van der Waals surface area contributed by atoms with E-state index in [4.69, 9.17) is 5.84 Å². The van der Waals surface area contributed by atoms with E-state index in [1.54, 1.807) is 6.92 Å². The molecule has 1 atom stereocenters. The maximum Gasteiger partial charge on any atom is 0.232 e. The Bertz CT molecular complexity index is 445. The Morgan fingerprint density at radius 3 is 2.71 bits per heavy atom. The van der Waals surface area contributed by atoms with Gasteiger partial charge in [-0.15, -0.1) is 0 Å². The highest BCUT2D eigenvalue weighted by atomic mass is 16.2. The van der Waals surface area contributed by atoms with Gasteiger partial charge in [0.25, 0.3) is 0 Å². The predicted molar refractivity (Wildman–Crippen MR) is 59.2 cm³/mol. The van der Waals surface area contributed by atoms with Crippen LogP contribution in [0, 0.1) is 5.92 Å². The molecule has 1 unspecified atom stereocenters. The van der Waals surface area contributed by atoms with Crippen molar-refractivity contribution in [2.75, 3.05) is 5.43 Å². The smallest absolute Gasteiger partial charge is 0.232 e. The normalized spacial score (nSPS) is 19.9. The molecule has 2 amide bonds. The first-order chi connectivity index (χ1) is 8.11. The molecule has 90 valence electrons. The molecule has 7 nitrogen and oxygen atoms in total. The van der Waals surface area contributed by atoms with Gasteiger partial charge < -0.3 is 5.43 Å². The van der Waals surface area contributed by atoms with Crippen LogP contribution in [-0.4, -0.2) is 26.7 Å². The van der Waals surface area contributed by atoms with Gasteiger partial charge in [0.15, 0.2) is 5.82 Å². The Kier molecular flexibility index (Phi) is 3.01. The maximum absolute atomic E-state index is 11.7. The summed E-state index contributed by atoms with van der Waals surface area (Å²) >= 11 is 0. The first kappa shape index (κ1) is 11.5. The molecule has 0 aliphatic carbocycles. The minimum atomic E-state index is -0.236. The van der Waals surface area contributed by atoms with Gasteiger partial charge in [0.1, 0.15) is 0 Å². The molecule has 2 heterocycles. The monoisotopic (exact) mass is 235 g/mol. The Balaban J connectivity index is 2.10. The fraction of sp³-hybridized carbons (Fsp3) is 0.400. The molecule has 0 spiro atoms. The topological polar surface area (TPSA) is 101 Å². The van der Waals surface area contributed by atoms with E-state index in [2.05, 4.69) is 15.4 Å². The SMILES string of the molecule is CC1CC(=O)N(Cc2cnc(NN)cn2)C1=O. The summed E-state index contributed by atoms with van der Waals surface area (Å²) in [6.07, 6.45) is 3.21. The average Bonchev–Trinajstić information content (AvgIpc) is 2.57. The summed E-state index contributed by atoms with van der Waals surface area (Å²) in [5.41, 5.74) is 2.91. The Morgan fingerprint density at radius 2 is 2.24 bits per heavy atom. The van der Waals surface area contributed by atoms with Gasteiger partial charge in [-0.1, -0.05) is 6.92 Å². The second kappa shape index (κ2) is 4.46. The highest BCUT2D eigenvalue weighted by Crippen LogP contribution is 2.20. The molecule has 1 aliphatic rings. The molecule has 1 aliphatic heterocycles. The summed E-state index contributed by atoms with van der Waals surface area (Å²) in [5, 5.41) is 0. The summed E-state index contributed by atoms with van der Waals surface area (Å²) in [6.45, 7) is 1.91. The number of carbonyl (C=O) groups is 2. The molecule has 1 aromatic rings. The molecule has 1 aromatic heterocycles. The largest absolute Gasteiger partial charge is 0.307 e. The average molecular weight is 235 g/mol. The number of nitrogens with zero attached hydrogens (tertiary/aromatic N) is 3. The van der Waals surface area contributed by atoms with Crippen LogP contribution in [0.3, 0.4) is 0 Å². The third-order valence-electron chi connectivity index (χ3n) is 2.64. The van der Waals surface area contributed by atoms with Gasteiger partial charge in [0.05, 0.1) is 24.6 Å². The minimum Gasteiger partial charge on any atom is -0.307 e. The lowest BCUT2D eigenvalue weighted by Gasteiger charge is -2.13. The van der Waals surface area contributed by atoms with E-state index in [9.17, 15) is 9.59 Å². The highest BCUT2D eigenvalue weighted by Gasteiger charge is 2.35. The van der Waals surface area contributed by atoms with E-state index in [1.807, 2.05) is 0 Å². The number of hydrazine groups is 1. The van der Waals surface area contributed by atoms with Crippen molar-refractivity contribution in [1.29, 1.82) is 0 Å². The van der Waals surface area contributed by atoms with E-state index >= 15 is 0 Å². The number of hydrogen-bond donors (Lipinski definition) is 2. The van der Waals surface area contributed by atoms with Crippen LogP contribution in [0.25, 0.3) is 0 Å². The lowest BCUT2D eigenvalue weighted by Crippen LogP contribution is -2.30. The lowest BCUT2D eigenvalue weighted by atomic mass is 10.1. The number of likely N-dealkylation sites (tertiary alicyclic amines) is 1. The molecular weight excluding hydrogens is 222 g/mol. The van der Waals surface area contributed by atoms with E-state index in [1.165, 1.54) is 17.3 Å². The fourth-order valence-electron chi connectivity index (χ4n) is 1.69. The first-order valence-electron chi connectivity index (χ1n) is 5.23. The van der Waals surface area contributed by atoms with Crippen LogP contribution in [0.2, 0.25) is 0 Å². The van der Waals surface area contributed by atoms with Crippen LogP contribution in [0.15, 0.2) is 12.4 Å². The standard InChI is InChI=1S/C10H13N5O2/c1-6-2-9(16)15(10(6)17)5-7-3-13-8(14-11)4-12-7/h3-4,6H,2,5,11H2,1H3,(H,13,14). The number of amides is 2. The number of rotatable bonds is 3. The molecular formula is C10H13N5O2. The zero-order chi connectivity index (χ0) is 12.4. The number of nitrogens with two attached hydrogens (primary N) is 1. The molecule has 0 aromatic carbocycles. The van der Waals surface area contributed by atoms with E-state index in [0.717, 1.165) is 0 Å². The Hall–Kier alpha value is -2.02. The number of imide groups is 1. The van der Waals surface area contributed by atoms with Crippen LogP contribution >= 0.6 is 0 Å². The van der Waals surface area contributed by atoms with Crippen molar-refractivity contribution < 1.29 is 9.59 Å². The van der Waals surface area contributed by atoms with Gasteiger partial charge in [-0.2, -0.15) is 0 Å². The van der Waals surface area contributed by atoms with E-state index < -0.39 is 0 Å². The third kappa shape index (κ3) is 2.23. The van der Waals surface area contributed by atoms with Gasteiger partial charge in [-0.25, -0.2) is 10.8 Å². The predicted octanol–water partition coefficient (Wildman–Crippen LogP) is -0.343. The number of hydrogen-bond acceptors (Lipinski definition) is 6. The molecule has 1 fully saturated rings. The zero-order valence-electron chi connectivity index (χ0n) is 9.38. The van der Waals surface area contributed by atoms with Crippen LogP contribution < -0.4 is 11.3 Å². The van der Waals surface area contributed by atoms with Crippen LogP contribution in [-0.2, 0) is 16.1 Å². The van der Waals surface area contributed by atoms with Gasteiger partial charge >= 0.3 is 0 Å². The summed E-state index contributed by atoms with van der Waals surface area (Å²) in [4.78, 5) is 32.4. The number of nitrogen functional groups attached to an aromatic ring is 1. The van der Waals surface area contributed by atoms with Crippen molar-refractivity contribution in [3.8, 4) is 0 Å². The van der Waals surface area contributed by atoms with Crippen molar-refractivity contribution in [2.45, 2.75) is 19.9 Å². The molecule has 2 rings (SSSR count). The number of nitrogens with one attached hydrogen (secondary N) is 1. The van der Waals surface area contributed by atoms with E-state index in [-0.39, 0.29) is 30.7 Å². The lowest BCUT2D eigenvalue weighted by molar-refractivity contribution is -0.140. The van der Waals surface area contributed by atoms with Crippen LogP contribution in [0.5, 0.6) is 0 Å². The Morgan fingerprint density at radius 1 is 1.47 bits per heavy atom.